The first-order valence-electron chi connectivity index (χ1n) is 6.96. The highest BCUT2D eigenvalue weighted by Crippen LogP contribution is 2.28. The van der Waals surface area contributed by atoms with Gasteiger partial charge in [0.05, 0.1) is 5.02 Å². The molecule has 1 aromatic carbocycles. The fourth-order valence-electron chi connectivity index (χ4n) is 1.87. The highest BCUT2D eigenvalue weighted by molar-refractivity contribution is 6.32. The zero-order valence-electron chi connectivity index (χ0n) is 12.5. The van der Waals surface area contributed by atoms with Gasteiger partial charge >= 0.3 is 0 Å². The lowest BCUT2D eigenvalue weighted by molar-refractivity contribution is -0.127. The molecule has 0 bridgehead atoms. The summed E-state index contributed by atoms with van der Waals surface area (Å²) in [7, 11) is 0. The van der Waals surface area contributed by atoms with Crippen molar-refractivity contribution in [2.45, 2.75) is 39.8 Å². The zero-order valence-corrected chi connectivity index (χ0v) is 13.3. The van der Waals surface area contributed by atoms with Crippen LogP contribution in [-0.4, -0.2) is 25.1 Å². The first kappa shape index (κ1) is 16.8. The molecule has 1 aromatic rings. The van der Waals surface area contributed by atoms with Crippen molar-refractivity contribution in [3.05, 3.63) is 28.8 Å². The molecular weight excluding hydrogens is 276 g/mol. The third kappa shape index (κ3) is 4.69. The molecule has 4 nitrogen and oxygen atoms in total. The Morgan fingerprint density at radius 2 is 2.00 bits per heavy atom. The van der Waals surface area contributed by atoms with Gasteiger partial charge in [-0.25, -0.2) is 0 Å². The number of benzene rings is 1. The normalized spacial score (nSPS) is 13.7. The van der Waals surface area contributed by atoms with Crippen LogP contribution in [0.25, 0.3) is 0 Å². The van der Waals surface area contributed by atoms with Crippen LogP contribution in [-0.2, 0) is 4.79 Å². The van der Waals surface area contributed by atoms with E-state index in [4.69, 9.17) is 16.3 Å². The van der Waals surface area contributed by atoms with Gasteiger partial charge in [0.15, 0.2) is 6.10 Å². The number of carbonyl (C=O) groups is 1. The number of ether oxygens (including phenoxy) is 1. The van der Waals surface area contributed by atoms with E-state index < -0.39 is 6.10 Å². The summed E-state index contributed by atoms with van der Waals surface area (Å²) in [5.41, 5.74) is 1.09. The second kappa shape index (κ2) is 8.12. The minimum atomic E-state index is -0.565. The predicted molar refractivity (Wildman–Crippen MR) is 82.3 cm³/mol. The standard InChI is InChI=1S/C15H23ClN2O2/c1-5-17-10(3)12-7-8-14(13(16)9-12)20-11(4)15(19)18-6-2/h7-11,17H,5-6H2,1-4H3,(H,18,19). The topological polar surface area (TPSA) is 50.4 Å². The Morgan fingerprint density at radius 3 is 2.55 bits per heavy atom. The second-order valence-electron chi connectivity index (χ2n) is 4.62. The van der Waals surface area contributed by atoms with Crippen LogP contribution in [0.3, 0.4) is 0 Å². The lowest BCUT2D eigenvalue weighted by atomic mass is 10.1. The number of hydrogen-bond acceptors (Lipinski definition) is 3. The Morgan fingerprint density at radius 1 is 1.30 bits per heavy atom. The van der Waals surface area contributed by atoms with Gasteiger partial charge in [0.2, 0.25) is 0 Å². The van der Waals surface area contributed by atoms with Gasteiger partial charge in [-0.2, -0.15) is 0 Å². The van der Waals surface area contributed by atoms with Crippen molar-refractivity contribution in [3.8, 4) is 5.75 Å². The van der Waals surface area contributed by atoms with Gasteiger partial charge in [0, 0.05) is 12.6 Å². The van der Waals surface area contributed by atoms with Crippen LogP contribution in [0.2, 0.25) is 5.02 Å². The molecule has 0 aliphatic carbocycles. The number of amides is 1. The largest absolute Gasteiger partial charge is 0.479 e. The molecule has 2 atom stereocenters. The number of rotatable bonds is 7. The molecule has 0 aromatic heterocycles. The lowest BCUT2D eigenvalue weighted by Gasteiger charge is -2.17. The van der Waals surface area contributed by atoms with E-state index in [1.807, 2.05) is 19.1 Å². The van der Waals surface area contributed by atoms with Crippen LogP contribution in [0.4, 0.5) is 0 Å². The Bertz CT molecular complexity index is 451. The van der Waals surface area contributed by atoms with E-state index in [2.05, 4.69) is 24.5 Å². The number of likely N-dealkylation sites (N-methyl/N-ethyl adjacent to an activating group) is 1. The third-order valence-corrected chi connectivity index (χ3v) is 3.29. The van der Waals surface area contributed by atoms with Gasteiger partial charge in [0.25, 0.3) is 5.91 Å². The molecule has 0 saturated carbocycles. The van der Waals surface area contributed by atoms with Crippen molar-refractivity contribution in [2.24, 2.45) is 0 Å². The summed E-state index contributed by atoms with van der Waals surface area (Å²) in [6.07, 6.45) is -0.565. The first-order valence-corrected chi connectivity index (χ1v) is 7.34. The molecule has 0 spiro atoms. The summed E-state index contributed by atoms with van der Waals surface area (Å²) in [4.78, 5) is 11.6. The van der Waals surface area contributed by atoms with E-state index in [0.717, 1.165) is 12.1 Å². The van der Waals surface area contributed by atoms with Gasteiger partial charge in [-0.05, 0) is 45.0 Å². The van der Waals surface area contributed by atoms with Crippen LogP contribution in [0, 0.1) is 0 Å². The van der Waals surface area contributed by atoms with Crippen molar-refractivity contribution in [1.29, 1.82) is 0 Å². The summed E-state index contributed by atoms with van der Waals surface area (Å²) in [6, 6.07) is 5.86. The molecule has 0 heterocycles. The molecule has 0 aliphatic heterocycles. The SMILES string of the molecule is CCNC(=O)C(C)Oc1ccc(C(C)NCC)cc1Cl. The smallest absolute Gasteiger partial charge is 0.260 e. The minimum absolute atomic E-state index is 0.145. The van der Waals surface area contributed by atoms with Gasteiger partial charge in [0.1, 0.15) is 5.75 Å². The molecule has 2 unspecified atom stereocenters. The Hall–Kier alpha value is -1.26. The van der Waals surface area contributed by atoms with Crippen molar-refractivity contribution in [1.82, 2.24) is 10.6 Å². The summed E-state index contributed by atoms with van der Waals surface area (Å²) >= 11 is 6.21. The average Bonchev–Trinajstić information content (AvgIpc) is 2.41. The summed E-state index contributed by atoms with van der Waals surface area (Å²) in [5, 5.41) is 6.55. The van der Waals surface area contributed by atoms with Crippen LogP contribution < -0.4 is 15.4 Å². The highest BCUT2D eigenvalue weighted by Gasteiger charge is 2.16. The average molecular weight is 299 g/mol. The van der Waals surface area contributed by atoms with Gasteiger partial charge in [-0.3, -0.25) is 4.79 Å². The molecule has 2 N–H and O–H groups in total. The molecule has 0 saturated heterocycles. The fourth-order valence-corrected chi connectivity index (χ4v) is 2.10. The summed E-state index contributed by atoms with van der Waals surface area (Å²) in [6.45, 7) is 9.19. The van der Waals surface area contributed by atoms with Crippen LogP contribution >= 0.6 is 11.6 Å². The van der Waals surface area contributed by atoms with Gasteiger partial charge in [-0.15, -0.1) is 0 Å². The Labute approximate surface area is 125 Å². The van der Waals surface area contributed by atoms with E-state index in [9.17, 15) is 4.79 Å². The minimum Gasteiger partial charge on any atom is -0.479 e. The van der Waals surface area contributed by atoms with Crippen molar-refractivity contribution >= 4 is 17.5 Å². The number of halogens is 1. The Balaban J connectivity index is 2.75. The molecule has 5 heteroatoms. The Kier molecular flexibility index (Phi) is 6.82. The van der Waals surface area contributed by atoms with E-state index in [1.54, 1.807) is 13.0 Å². The molecule has 0 aliphatic rings. The zero-order chi connectivity index (χ0) is 15.1. The quantitative estimate of drug-likeness (QED) is 0.814. The molecule has 1 rings (SSSR count). The van der Waals surface area contributed by atoms with Gasteiger partial charge < -0.3 is 15.4 Å². The lowest BCUT2D eigenvalue weighted by Crippen LogP contribution is -2.36. The fraction of sp³-hybridized carbons (Fsp3) is 0.533. The van der Waals surface area contributed by atoms with E-state index >= 15 is 0 Å². The molecule has 1 amide bonds. The van der Waals surface area contributed by atoms with E-state index in [0.29, 0.717) is 17.3 Å². The molecule has 0 radical (unpaired) electrons. The van der Waals surface area contributed by atoms with Crippen molar-refractivity contribution in [2.75, 3.05) is 13.1 Å². The third-order valence-electron chi connectivity index (χ3n) is 2.99. The first-order chi connectivity index (χ1) is 9.49. The summed E-state index contributed by atoms with van der Waals surface area (Å²) in [5.74, 6) is 0.381. The summed E-state index contributed by atoms with van der Waals surface area (Å²) < 4.78 is 5.59. The maximum absolute atomic E-state index is 11.6. The van der Waals surface area contributed by atoms with Crippen LogP contribution in [0.15, 0.2) is 18.2 Å². The van der Waals surface area contributed by atoms with Crippen LogP contribution in [0.1, 0.15) is 39.3 Å². The molecule has 20 heavy (non-hydrogen) atoms. The monoisotopic (exact) mass is 298 g/mol. The van der Waals surface area contributed by atoms with Gasteiger partial charge in [-0.1, -0.05) is 24.6 Å². The van der Waals surface area contributed by atoms with Crippen molar-refractivity contribution in [3.63, 3.8) is 0 Å². The highest BCUT2D eigenvalue weighted by atomic mass is 35.5. The maximum atomic E-state index is 11.6. The maximum Gasteiger partial charge on any atom is 0.260 e. The number of carbonyl (C=O) groups excluding carboxylic acids is 1. The number of hydrogen-bond donors (Lipinski definition) is 2. The second-order valence-corrected chi connectivity index (χ2v) is 5.03. The molecule has 112 valence electrons. The van der Waals surface area contributed by atoms with Crippen molar-refractivity contribution < 1.29 is 9.53 Å². The van der Waals surface area contributed by atoms with E-state index in [1.165, 1.54) is 0 Å². The molecular formula is C15H23ClN2O2. The number of nitrogens with one attached hydrogen (secondary N) is 2. The molecule has 0 fully saturated rings. The van der Waals surface area contributed by atoms with E-state index in [-0.39, 0.29) is 11.9 Å². The van der Waals surface area contributed by atoms with Crippen LogP contribution in [0.5, 0.6) is 5.75 Å². The predicted octanol–water partition coefficient (Wildman–Crippen LogP) is 2.91.